The molecule has 0 heterocycles. The third kappa shape index (κ3) is 5.97. The molecule has 0 bridgehead atoms. The van der Waals surface area contributed by atoms with Gasteiger partial charge in [0.05, 0.1) is 17.6 Å². The zero-order valence-corrected chi connectivity index (χ0v) is 19.4. The largest absolute Gasteiger partial charge is 0.487 e. The number of fused-ring (bicyclic) bond motifs is 1. The highest BCUT2D eigenvalue weighted by atomic mass is 19.1. The summed E-state index contributed by atoms with van der Waals surface area (Å²) >= 11 is 0. The number of carboxylic acids is 1. The lowest BCUT2D eigenvalue weighted by molar-refractivity contribution is -0.143. The average molecular weight is 497 g/mol. The van der Waals surface area contributed by atoms with Gasteiger partial charge in [-0.3, -0.25) is 14.4 Å². The van der Waals surface area contributed by atoms with Crippen LogP contribution in [0.3, 0.4) is 0 Å². The van der Waals surface area contributed by atoms with E-state index in [1.807, 2.05) is 30.3 Å². The number of carbonyl (C=O) groups is 3. The molecule has 0 atom stereocenters. The second kappa shape index (κ2) is 11.2. The Kier molecular flexibility index (Phi) is 7.77. The Morgan fingerprint density at radius 2 is 1.50 bits per heavy atom. The summed E-state index contributed by atoms with van der Waals surface area (Å²) in [7, 11) is 0. The molecule has 0 unspecified atom stereocenters. The number of nitrogens with one attached hydrogen (secondary N) is 2. The lowest BCUT2D eigenvalue weighted by Crippen LogP contribution is -2.35. The minimum Gasteiger partial charge on any atom is -0.487 e. The second-order valence-electron chi connectivity index (χ2n) is 8.77. The molecule has 4 rings (SSSR count). The van der Waals surface area contributed by atoms with Gasteiger partial charge in [-0.25, -0.2) is 8.78 Å². The number of rotatable bonds is 8. The summed E-state index contributed by atoms with van der Waals surface area (Å²) in [6.07, 6.45) is 1.24. The molecule has 0 radical (unpaired) electrons. The first-order valence-electron chi connectivity index (χ1n) is 11.8. The van der Waals surface area contributed by atoms with Gasteiger partial charge in [-0.05, 0) is 54.7 Å². The number of amides is 2. The Bertz CT molecular complexity index is 1290. The van der Waals surface area contributed by atoms with Gasteiger partial charge in [0.25, 0.3) is 11.8 Å². The van der Waals surface area contributed by atoms with E-state index in [0.717, 1.165) is 22.9 Å². The molecule has 7 nitrogen and oxygen atoms in total. The Morgan fingerprint density at radius 3 is 2.19 bits per heavy atom. The van der Waals surface area contributed by atoms with E-state index in [-0.39, 0.29) is 24.7 Å². The second-order valence-corrected chi connectivity index (χ2v) is 8.77. The van der Waals surface area contributed by atoms with Crippen LogP contribution in [0.15, 0.2) is 54.6 Å². The van der Waals surface area contributed by atoms with Crippen molar-refractivity contribution in [3.63, 3.8) is 0 Å². The summed E-state index contributed by atoms with van der Waals surface area (Å²) < 4.78 is 34.6. The molecular formula is C27H26F2N2O5. The molecule has 3 aromatic rings. The molecule has 9 heteroatoms. The van der Waals surface area contributed by atoms with E-state index in [1.54, 1.807) is 12.1 Å². The Labute approximate surface area is 206 Å². The molecule has 1 aliphatic rings. The van der Waals surface area contributed by atoms with Crippen LogP contribution < -0.4 is 15.4 Å². The van der Waals surface area contributed by atoms with E-state index in [4.69, 9.17) is 9.84 Å². The van der Waals surface area contributed by atoms with Crippen molar-refractivity contribution in [1.82, 2.24) is 10.6 Å². The number of hydrogen-bond acceptors (Lipinski definition) is 4. The molecule has 0 spiro atoms. The maximum absolute atomic E-state index is 14.5. The predicted molar refractivity (Wildman–Crippen MR) is 129 cm³/mol. The minimum absolute atomic E-state index is 0.0181. The molecule has 0 aromatic heterocycles. The number of carboxylic acid groups (broad SMARTS) is 1. The first kappa shape index (κ1) is 25.1. The molecule has 1 fully saturated rings. The van der Waals surface area contributed by atoms with Crippen molar-refractivity contribution < 1.29 is 33.0 Å². The molecule has 0 aliphatic heterocycles. The molecule has 1 aliphatic carbocycles. The van der Waals surface area contributed by atoms with E-state index in [2.05, 4.69) is 10.6 Å². The van der Waals surface area contributed by atoms with Crippen LogP contribution in [-0.2, 0) is 4.79 Å². The molecule has 3 N–H and O–H groups in total. The maximum Gasteiger partial charge on any atom is 0.306 e. The number of aliphatic carboxylic acids is 1. The van der Waals surface area contributed by atoms with E-state index in [9.17, 15) is 23.2 Å². The number of carbonyl (C=O) groups excluding carboxylic acids is 2. The average Bonchev–Trinajstić information content (AvgIpc) is 2.88. The first-order valence-corrected chi connectivity index (χ1v) is 11.8. The Balaban J connectivity index is 1.27. The monoisotopic (exact) mass is 496 g/mol. The zero-order valence-electron chi connectivity index (χ0n) is 19.4. The van der Waals surface area contributed by atoms with Gasteiger partial charge in [-0.1, -0.05) is 30.3 Å². The topological polar surface area (TPSA) is 105 Å². The fourth-order valence-electron chi connectivity index (χ4n) is 4.28. The van der Waals surface area contributed by atoms with E-state index < -0.39 is 41.1 Å². The highest BCUT2D eigenvalue weighted by Gasteiger charge is 2.28. The Morgan fingerprint density at radius 1 is 0.833 bits per heavy atom. The summed E-state index contributed by atoms with van der Waals surface area (Å²) in [6.45, 7) is 0.117. The van der Waals surface area contributed by atoms with Crippen LogP contribution in [-0.4, -0.2) is 42.1 Å². The van der Waals surface area contributed by atoms with Crippen LogP contribution in [0.25, 0.3) is 10.8 Å². The van der Waals surface area contributed by atoms with Gasteiger partial charge in [-0.15, -0.1) is 0 Å². The number of halogens is 2. The van der Waals surface area contributed by atoms with E-state index in [0.29, 0.717) is 31.2 Å². The quantitative estimate of drug-likeness (QED) is 0.404. The number of hydrogen-bond donors (Lipinski definition) is 3. The Hall–Kier alpha value is -4.01. The van der Waals surface area contributed by atoms with Crippen molar-refractivity contribution in [2.75, 3.05) is 13.1 Å². The minimum atomic E-state index is -0.941. The van der Waals surface area contributed by atoms with Gasteiger partial charge in [-0.2, -0.15) is 0 Å². The summed E-state index contributed by atoms with van der Waals surface area (Å²) in [5.74, 6) is -4.59. The van der Waals surface area contributed by atoms with Gasteiger partial charge in [0, 0.05) is 24.7 Å². The van der Waals surface area contributed by atoms with Gasteiger partial charge in [0.1, 0.15) is 5.82 Å². The summed E-state index contributed by atoms with van der Waals surface area (Å²) in [5, 5.41) is 16.1. The van der Waals surface area contributed by atoms with Crippen molar-refractivity contribution in [1.29, 1.82) is 0 Å². The number of benzene rings is 3. The fraction of sp³-hybridized carbons (Fsp3) is 0.296. The van der Waals surface area contributed by atoms with Crippen molar-refractivity contribution in [2.45, 2.75) is 31.8 Å². The fourth-order valence-corrected chi connectivity index (χ4v) is 4.28. The van der Waals surface area contributed by atoms with Gasteiger partial charge in [0.15, 0.2) is 11.6 Å². The molecular weight excluding hydrogens is 470 g/mol. The third-order valence-corrected chi connectivity index (χ3v) is 6.29. The smallest absolute Gasteiger partial charge is 0.306 e. The van der Waals surface area contributed by atoms with Crippen molar-refractivity contribution in [3.8, 4) is 5.75 Å². The normalized spacial score (nSPS) is 17.4. The third-order valence-electron chi connectivity index (χ3n) is 6.29. The summed E-state index contributed by atoms with van der Waals surface area (Å²) in [6, 6.07) is 14.6. The van der Waals surface area contributed by atoms with Crippen molar-refractivity contribution in [2.24, 2.45) is 5.92 Å². The predicted octanol–water partition coefficient (Wildman–Crippen LogP) is 4.30. The molecule has 2 amide bonds. The molecule has 1 saturated carbocycles. The van der Waals surface area contributed by atoms with E-state index in [1.165, 1.54) is 0 Å². The van der Waals surface area contributed by atoms with Gasteiger partial charge in [0.2, 0.25) is 0 Å². The highest BCUT2D eigenvalue weighted by Crippen LogP contribution is 2.30. The van der Waals surface area contributed by atoms with Crippen LogP contribution in [0.2, 0.25) is 0 Å². The zero-order chi connectivity index (χ0) is 25.7. The maximum atomic E-state index is 14.5. The van der Waals surface area contributed by atoms with Crippen LogP contribution in [0.1, 0.15) is 46.4 Å². The van der Waals surface area contributed by atoms with Crippen molar-refractivity contribution in [3.05, 3.63) is 77.4 Å². The lowest BCUT2D eigenvalue weighted by atomic mass is 9.87. The van der Waals surface area contributed by atoms with Crippen LogP contribution in [0.4, 0.5) is 8.78 Å². The van der Waals surface area contributed by atoms with Gasteiger partial charge >= 0.3 is 5.97 Å². The molecule has 188 valence electrons. The highest BCUT2D eigenvalue weighted by molar-refractivity contribution is 5.98. The van der Waals surface area contributed by atoms with Crippen LogP contribution in [0.5, 0.6) is 5.75 Å². The van der Waals surface area contributed by atoms with Gasteiger partial charge < -0.3 is 20.5 Å². The summed E-state index contributed by atoms with van der Waals surface area (Å²) in [4.78, 5) is 35.8. The van der Waals surface area contributed by atoms with E-state index >= 15 is 0 Å². The molecule has 0 saturated heterocycles. The SMILES string of the molecule is O=C(NCCNC(=O)c1cc(F)c(O[C@H]2CC[C@@H](C(=O)O)CC2)cc1F)c1ccc2ccccc2c1. The van der Waals surface area contributed by atoms with Crippen LogP contribution >= 0.6 is 0 Å². The lowest BCUT2D eigenvalue weighted by Gasteiger charge is -2.27. The molecule has 3 aromatic carbocycles. The summed E-state index contributed by atoms with van der Waals surface area (Å²) in [5.41, 5.74) is -0.00420. The number of ether oxygens (including phenoxy) is 1. The first-order chi connectivity index (χ1) is 17.3. The van der Waals surface area contributed by atoms with Crippen molar-refractivity contribution >= 4 is 28.6 Å². The molecule has 36 heavy (non-hydrogen) atoms. The standard InChI is InChI=1S/C27H26F2N2O5/c28-22-15-24(36-20-9-7-17(8-10-20)27(34)35)23(29)14-21(22)26(33)31-12-11-30-25(32)19-6-5-16-3-1-2-4-18(16)13-19/h1-6,13-15,17,20H,7-12H2,(H,30,32)(H,31,33)(H,34,35)/t17-,20+. The van der Waals surface area contributed by atoms with Crippen LogP contribution in [0, 0.1) is 17.6 Å².